The molecule has 62 valence electrons. The molecule has 2 unspecified atom stereocenters. The van der Waals surface area contributed by atoms with Gasteiger partial charge in [0.2, 0.25) is 5.91 Å². The number of amides is 1. The number of carbonyl (C=O) groups is 2. The van der Waals surface area contributed by atoms with Crippen LogP contribution < -0.4 is 11.1 Å². The summed E-state index contributed by atoms with van der Waals surface area (Å²) in [5.74, 6) is -1.42. The maximum Gasteiger partial charge on any atom is 0.303 e. The Morgan fingerprint density at radius 2 is 2.45 bits per heavy atom. The lowest BCUT2D eigenvalue weighted by molar-refractivity contribution is -0.138. The van der Waals surface area contributed by atoms with E-state index in [0.29, 0.717) is 6.54 Å². The molecule has 2 atom stereocenters. The zero-order valence-electron chi connectivity index (χ0n) is 5.91. The number of hydrogen-bond acceptors (Lipinski definition) is 3. The minimum atomic E-state index is -0.915. The molecule has 0 aliphatic carbocycles. The lowest BCUT2D eigenvalue weighted by Gasteiger charge is -2.07. The summed E-state index contributed by atoms with van der Waals surface area (Å²) in [6.07, 6.45) is -0.0418. The van der Waals surface area contributed by atoms with Gasteiger partial charge in [-0.2, -0.15) is 0 Å². The first-order valence-electron chi connectivity index (χ1n) is 3.36. The predicted octanol–water partition coefficient (Wildman–Crippen LogP) is -1.47. The molecule has 1 saturated heterocycles. The van der Waals surface area contributed by atoms with Crippen LogP contribution in [0.5, 0.6) is 0 Å². The SMILES string of the molecule is NC1C(=O)NCC1CC(=O)O. The number of nitrogens with one attached hydrogen (secondary N) is 1. The number of hydrogen-bond donors (Lipinski definition) is 3. The smallest absolute Gasteiger partial charge is 0.303 e. The summed E-state index contributed by atoms with van der Waals surface area (Å²) in [7, 11) is 0. The van der Waals surface area contributed by atoms with E-state index in [1.165, 1.54) is 0 Å². The molecule has 5 nitrogen and oxygen atoms in total. The van der Waals surface area contributed by atoms with Gasteiger partial charge in [0, 0.05) is 12.5 Å². The Labute approximate surface area is 63.6 Å². The zero-order chi connectivity index (χ0) is 8.43. The van der Waals surface area contributed by atoms with Crippen molar-refractivity contribution in [1.29, 1.82) is 0 Å². The molecule has 1 heterocycles. The molecule has 0 bridgehead atoms. The summed E-state index contributed by atoms with van der Waals surface area (Å²) in [6, 6.07) is -0.647. The Kier molecular flexibility index (Phi) is 2.09. The highest BCUT2D eigenvalue weighted by molar-refractivity contribution is 5.85. The molecular formula is C6H10N2O3. The highest BCUT2D eigenvalue weighted by Gasteiger charge is 2.32. The first-order valence-corrected chi connectivity index (χ1v) is 3.36. The normalized spacial score (nSPS) is 30.1. The maximum absolute atomic E-state index is 10.7. The zero-order valence-corrected chi connectivity index (χ0v) is 5.91. The van der Waals surface area contributed by atoms with Crippen molar-refractivity contribution in [3.63, 3.8) is 0 Å². The molecule has 1 aliphatic rings. The van der Waals surface area contributed by atoms with E-state index in [4.69, 9.17) is 10.8 Å². The monoisotopic (exact) mass is 158 g/mol. The Morgan fingerprint density at radius 3 is 2.82 bits per heavy atom. The number of aliphatic carboxylic acids is 1. The summed E-state index contributed by atoms with van der Waals surface area (Å²) < 4.78 is 0. The lowest BCUT2D eigenvalue weighted by Crippen LogP contribution is -2.34. The molecule has 5 heteroatoms. The Hall–Kier alpha value is -1.10. The Morgan fingerprint density at radius 1 is 1.82 bits per heavy atom. The molecule has 0 radical (unpaired) electrons. The largest absolute Gasteiger partial charge is 0.481 e. The van der Waals surface area contributed by atoms with Crippen LogP contribution in [0, 0.1) is 5.92 Å². The van der Waals surface area contributed by atoms with E-state index < -0.39 is 12.0 Å². The van der Waals surface area contributed by atoms with Crippen LogP contribution in [0.1, 0.15) is 6.42 Å². The predicted molar refractivity (Wildman–Crippen MR) is 36.7 cm³/mol. The van der Waals surface area contributed by atoms with Gasteiger partial charge < -0.3 is 16.2 Å². The van der Waals surface area contributed by atoms with Gasteiger partial charge in [-0.1, -0.05) is 0 Å². The number of carbonyl (C=O) groups excluding carboxylic acids is 1. The molecule has 1 rings (SSSR count). The average Bonchev–Trinajstić information content (AvgIpc) is 2.18. The van der Waals surface area contributed by atoms with E-state index in [-0.39, 0.29) is 18.2 Å². The third-order valence-electron chi connectivity index (χ3n) is 1.79. The van der Waals surface area contributed by atoms with Crippen molar-refractivity contribution in [2.24, 2.45) is 11.7 Å². The van der Waals surface area contributed by atoms with Gasteiger partial charge in [-0.15, -0.1) is 0 Å². The standard InChI is InChI=1S/C6H10N2O3/c7-5-3(1-4(9)10)2-8-6(5)11/h3,5H,1-2,7H2,(H,8,11)(H,9,10). The minimum absolute atomic E-state index is 0.0418. The fraction of sp³-hybridized carbons (Fsp3) is 0.667. The molecule has 0 aromatic carbocycles. The van der Waals surface area contributed by atoms with Crippen molar-refractivity contribution in [2.45, 2.75) is 12.5 Å². The van der Waals surface area contributed by atoms with Crippen molar-refractivity contribution in [3.05, 3.63) is 0 Å². The van der Waals surface area contributed by atoms with E-state index in [1.807, 2.05) is 0 Å². The summed E-state index contributed by atoms with van der Waals surface area (Å²) in [5.41, 5.74) is 5.40. The molecule has 1 amide bonds. The van der Waals surface area contributed by atoms with Gasteiger partial charge >= 0.3 is 5.97 Å². The second-order valence-corrected chi connectivity index (χ2v) is 2.63. The Bertz CT molecular complexity index is 192. The van der Waals surface area contributed by atoms with Gasteiger partial charge in [-0.05, 0) is 0 Å². The molecule has 0 aromatic heterocycles. The topological polar surface area (TPSA) is 92.4 Å². The second-order valence-electron chi connectivity index (χ2n) is 2.63. The van der Waals surface area contributed by atoms with Crippen molar-refractivity contribution in [3.8, 4) is 0 Å². The van der Waals surface area contributed by atoms with Gasteiger partial charge in [0.25, 0.3) is 0 Å². The van der Waals surface area contributed by atoms with Crippen LogP contribution in [-0.2, 0) is 9.59 Å². The van der Waals surface area contributed by atoms with Crippen molar-refractivity contribution < 1.29 is 14.7 Å². The average molecular weight is 158 g/mol. The molecule has 1 fully saturated rings. The molecule has 0 aromatic rings. The number of carboxylic acid groups (broad SMARTS) is 1. The van der Waals surface area contributed by atoms with E-state index in [1.54, 1.807) is 0 Å². The number of rotatable bonds is 2. The molecule has 0 spiro atoms. The highest BCUT2D eigenvalue weighted by atomic mass is 16.4. The highest BCUT2D eigenvalue weighted by Crippen LogP contribution is 2.11. The van der Waals surface area contributed by atoms with Crippen LogP contribution in [0.3, 0.4) is 0 Å². The van der Waals surface area contributed by atoms with E-state index in [0.717, 1.165) is 0 Å². The van der Waals surface area contributed by atoms with Crippen molar-refractivity contribution in [2.75, 3.05) is 6.54 Å². The lowest BCUT2D eigenvalue weighted by atomic mass is 10.0. The summed E-state index contributed by atoms with van der Waals surface area (Å²) in [6.45, 7) is 0.381. The summed E-state index contributed by atoms with van der Waals surface area (Å²) in [4.78, 5) is 20.9. The van der Waals surface area contributed by atoms with E-state index >= 15 is 0 Å². The van der Waals surface area contributed by atoms with Crippen LogP contribution in [-0.4, -0.2) is 29.6 Å². The maximum atomic E-state index is 10.7. The van der Waals surface area contributed by atoms with Crippen LogP contribution in [0.25, 0.3) is 0 Å². The molecule has 4 N–H and O–H groups in total. The molecular weight excluding hydrogens is 148 g/mol. The quantitative estimate of drug-likeness (QED) is 0.457. The third kappa shape index (κ3) is 1.68. The first kappa shape index (κ1) is 8.00. The van der Waals surface area contributed by atoms with Crippen LogP contribution >= 0.6 is 0 Å². The van der Waals surface area contributed by atoms with Crippen molar-refractivity contribution in [1.82, 2.24) is 5.32 Å². The summed E-state index contributed by atoms with van der Waals surface area (Å²) >= 11 is 0. The van der Waals surface area contributed by atoms with E-state index in [9.17, 15) is 9.59 Å². The number of carboxylic acids is 1. The molecule has 11 heavy (non-hydrogen) atoms. The fourth-order valence-corrected chi connectivity index (χ4v) is 1.11. The van der Waals surface area contributed by atoms with Gasteiger partial charge in [0.15, 0.2) is 0 Å². The Balaban J connectivity index is 2.48. The van der Waals surface area contributed by atoms with Crippen LogP contribution in [0.4, 0.5) is 0 Å². The molecule has 1 aliphatic heterocycles. The van der Waals surface area contributed by atoms with Crippen molar-refractivity contribution >= 4 is 11.9 Å². The van der Waals surface area contributed by atoms with Crippen LogP contribution in [0.15, 0.2) is 0 Å². The molecule has 0 saturated carbocycles. The third-order valence-corrected chi connectivity index (χ3v) is 1.79. The minimum Gasteiger partial charge on any atom is -0.481 e. The van der Waals surface area contributed by atoms with Gasteiger partial charge in [0.05, 0.1) is 12.5 Å². The fourth-order valence-electron chi connectivity index (χ4n) is 1.11. The van der Waals surface area contributed by atoms with Gasteiger partial charge in [0.1, 0.15) is 0 Å². The van der Waals surface area contributed by atoms with Gasteiger partial charge in [-0.3, -0.25) is 9.59 Å². The number of nitrogens with two attached hydrogens (primary N) is 1. The van der Waals surface area contributed by atoms with Gasteiger partial charge in [-0.25, -0.2) is 0 Å². The second kappa shape index (κ2) is 2.87. The first-order chi connectivity index (χ1) is 5.11. The van der Waals surface area contributed by atoms with Crippen LogP contribution in [0.2, 0.25) is 0 Å². The van der Waals surface area contributed by atoms with E-state index in [2.05, 4.69) is 5.32 Å². The summed E-state index contributed by atoms with van der Waals surface area (Å²) in [5, 5.41) is 10.9.